The summed E-state index contributed by atoms with van der Waals surface area (Å²) < 4.78 is 5.36. The Morgan fingerprint density at radius 3 is 2.84 bits per heavy atom. The maximum absolute atomic E-state index is 10.0. The molecule has 4 heteroatoms. The molecule has 0 saturated carbocycles. The van der Waals surface area contributed by atoms with Crippen LogP contribution in [0.15, 0.2) is 18.2 Å². The SMILES string of the molecule is COc1cccc(N2CCCCC2CO)c1[C@H](C)O. The summed E-state index contributed by atoms with van der Waals surface area (Å²) >= 11 is 0. The van der Waals surface area contributed by atoms with E-state index in [1.165, 1.54) is 0 Å². The van der Waals surface area contributed by atoms with E-state index in [9.17, 15) is 10.2 Å². The first kappa shape index (κ1) is 14.2. The monoisotopic (exact) mass is 265 g/mol. The molecule has 2 atom stereocenters. The Labute approximate surface area is 114 Å². The van der Waals surface area contributed by atoms with Crippen LogP contribution in [0.3, 0.4) is 0 Å². The zero-order chi connectivity index (χ0) is 13.8. The number of hydrogen-bond donors (Lipinski definition) is 2. The predicted octanol–water partition coefficient (Wildman–Crippen LogP) is 2.10. The van der Waals surface area contributed by atoms with Gasteiger partial charge >= 0.3 is 0 Å². The normalized spacial score (nSPS) is 21.3. The number of rotatable bonds is 4. The van der Waals surface area contributed by atoms with Gasteiger partial charge in [0.25, 0.3) is 0 Å². The molecule has 1 saturated heterocycles. The van der Waals surface area contributed by atoms with E-state index < -0.39 is 6.10 Å². The van der Waals surface area contributed by atoms with Crippen molar-refractivity contribution in [1.29, 1.82) is 0 Å². The van der Waals surface area contributed by atoms with Gasteiger partial charge in [-0.15, -0.1) is 0 Å². The summed E-state index contributed by atoms with van der Waals surface area (Å²) in [6.45, 7) is 2.81. The van der Waals surface area contributed by atoms with Crippen molar-refractivity contribution in [3.63, 3.8) is 0 Å². The van der Waals surface area contributed by atoms with Gasteiger partial charge in [-0.1, -0.05) is 6.07 Å². The number of ether oxygens (including phenoxy) is 1. The smallest absolute Gasteiger partial charge is 0.126 e. The standard InChI is InChI=1S/C15H23NO3/c1-11(18)15-13(7-5-8-14(15)19-2)16-9-4-3-6-12(16)10-17/h5,7-8,11-12,17-18H,3-4,6,9-10H2,1-2H3/t11-,12?/m0/s1. The van der Waals surface area contributed by atoms with Crippen LogP contribution < -0.4 is 9.64 Å². The van der Waals surface area contributed by atoms with Crippen molar-refractivity contribution in [3.05, 3.63) is 23.8 Å². The first-order chi connectivity index (χ1) is 9.19. The fraction of sp³-hybridized carbons (Fsp3) is 0.600. The average Bonchev–Trinajstić information content (AvgIpc) is 2.46. The van der Waals surface area contributed by atoms with E-state index in [2.05, 4.69) is 4.90 Å². The minimum absolute atomic E-state index is 0.137. The largest absolute Gasteiger partial charge is 0.496 e. The van der Waals surface area contributed by atoms with Crippen LogP contribution in [0.2, 0.25) is 0 Å². The molecule has 4 nitrogen and oxygen atoms in total. The fourth-order valence-corrected chi connectivity index (χ4v) is 2.89. The second kappa shape index (κ2) is 6.26. The van der Waals surface area contributed by atoms with Crippen molar-refractivity contribution in [1.82, 2.24) is 0 Å². The molecule has 1 heterocycles. The Hall–Kier alpha value is -1.26. The molecule has 0 radical (unpaired) electrons. The lowest BCUT2D eigenvalue weighted by Gasteiger charge is -2.38. The molecule has 0 bridgehead atoms. The van der Waals surface area contributed by atoms with Crippen molar-refractivity contribution >= 4 is 5.69 Å². The lowest BCUT2D eigenvalue weighted by molar-refractivity contribution is 0.193. The van der Waals surface area contributed by atoms with E-state index in [0.717, 1.165) is 37.1 Å². The first-order valence-electron chi connectivity index (χ1n) is 6.91. The average molecular weight is 265 g/mol. The van der Waals surface area contributed by atoms with E-state index in [-0.39, 0.29) is 12.6 Å². The summed E-state index contributed by atoms with van der Waals surface area (Å²) in [5.74, 6) is 0.703. The number of benzene rings is 1. The van der Waals surface area contributed by atoms with Crippen molar-refractivity contribution in [2.24, 2.45) is 0 Å². The molecule has 1 aromatic rings. The minimum Gasteiger partial charge on any atom is -0.496 e. The molecule has 1 aromatic carbocycles. The van der Waals surface area contributed by atoms with Crippen LogP contribution in [-0.4, -0.2) is 36.5 Å². The lowest BCUT2D eigenvalue weighted by Crippen LogP contribution is -2.42. The summed E-state index contributed by atoms with van der Waals surface area (Å²) in [5.41, 5.74) is 1.79. The van der Waals surface area contributed by atoms with Gasteiger partial charge in [-0.25, -0.2) is 0 Å². The second-order valence-corrected chi connectivity index (χ2v) is 5.09. The van der Waals surface area contributed by atoms with E-state index in [1.807, 2.05) is 18.2 Å². The summed E-state index contributed by atoms with van der Waals surface area (Å²) in [4.78, 5) is 2.20. The summed E-state index contributed by atoms with van der Waals surface area (Å²) in [6.07, 6.45) is 2.67. The van der Waals surface area contributed by atoms with Gasteiger partial charge in [-0.3, -0.25) is 0 Å². The molecule has 1 aliphatic rings. The Bertz CT molecular complexity index is 420. The molecule has 19 heavy (non-hydrogen) atoms. The third-order valence-corrected chi connectivity index (χ3v) is 3.83. The van der Waals surface area contributed by atoms with E-state index >= 15 is 0 Å². The Balaban J connectivity index is 2.42. The molecule has 1 aliphatic heterocycles. The van der Waals surface area contributed by atoms with E-state index in [0.29, 0.717) is 5.75 Å². The number of aliphatic hydroxyl groups excluding tert-OH is 2. The number of hydrogen-bond acceptors (Lipinski definition) is 4. The summed E-state index contributed by atoms with van der Waals surface area (Å²) in [7, 11) is 1.62. The lowest BCUT2D eigenvalue weighted by atomic mass is 9.98. The van der Waals surface area contributed by atoms with Crippen LogP contribution in [0.4, 0.5) is 5.69 Å². The third-order valence-electron chi connectivity index (χ3n) is 3.83. The minimum atomic E-state index is -0.590. The molecule has 0 aromatic heterocycles. The molecule has 0 aliphatic carbocycles. The molecule has 2 N–H and O–H groups in total. The highest BCUT2D eigenvalue weighted by Gasteiger charge is 2.26. The van der Waals surface area contributed by atoms with Gasteiger partial charge in [0.2, 0.25) is 0 Å². The topological polar surface area (TPSA) is 52.9 Å². The van der Waals surface area contributed by atoms with Gasteiger partial charge in [0.05, 0.1) is 25.9 Å². The number of aliphatic hydroxyl groups is 2. The van der Waals surface area contributed by atoms with E-state index in [1.54, 1.807) is 14.0 Å². The zero-order valence-corrected chi connectivity index (χ0v) is 11.7. The van der Waals surface area contributed by atoms with Crippen LogP contribution >= 0.6 is 0 Å². The highest BCUT2D eigenvalue weighted by Crippen LogP contribution is 2.37. The quantitative estimate of drug-likeness (QED) is 0.875. The molecule has 2 rings (SSSR count). The summed E-state index contributed by atoms with van der Waals surface area (Å²) in [6, 6.07) is 5.93. The van der Waals surface area contributed by atoms with E-state index in [4.69, 9.17) is 4.74 Å². The van der Waals surface area contributed by atoms with Crippen LogP contribution in [0, 0.1) is 0 Å². The van der Waals surface area contributed by atoms with Crippen LogP contribution in [-0.2, 0) is 0 Å². The number of nitrogens with zero attached hydrogens (tertiary/aromatic N) is 1. The van der Waals surface area contributed by atoms with Crippen LogP contribution in [0.1, 0.15) is 37.9 Å². The van der Waals surface area contributed by atoms with Gasteiger partial charge < -0.3 is 19.8 Å². The van der Waals surface area contributed by atoms with Crippen LogP contribution in [0.5, 0.6) is 5.75 Å². The Morgan fingerprint density at radius 2 is 2.21 bits per heavy atom. The Kier molecular flexibility index (Phi) is 4.66. The van der Waals surface area contributed by atoms with Crippen LogP contribution in [0.25, 0.3) is 0 Å². The molecule has 106 valence electrons. The molecule has 1 fully saturated rings. The number of anilines is 1. The van der Waals surface area contributed by atoms with Crippen molar-refractivity contribution < 1.29 is 14.9 Å². The maximum atomic E-state index is 10.0. The second-order valence-electron chi connectivity index (χ2n) is 5.09. The van der Waals surface area contributed by atoms with Crippen molar-refractivity contribution in [2.75, 3.05) is 25.2 Å². The first-order valence-corrected chi connectivity index (χ1v) is 6.91. The molecule has 0 spiro atoms. The van der Waals surface area contributed by atoms with Crippen molar-refractivity contribution in [2.45, 2.75) is 38.3 Å². The highest BCUT2D eigenvalue weighted by molar-refractivity contribution is 5.61. The predicted molar refractivity (Wildman–Crippen MR) is 75.7 cm³/mol. The number of methoxy groups -OCH3 is 1. The molecular formula is C15H23NO3. The van der Waals surface area contributed by atoms with Gasteiger partial charge in [-0.2, -0.15) is 0 Å². The molecule has 1 unspecified atom stereocenters. The number of piperidine rings is 1. The van der Waals surface area contributed by atoms with Gasteiger partial charge in [0.1, 0.15) is 5.75 Å². The Morgan fingerprint density at radius 1 is 1.42 bits per heavy atom. The molecule has 0 amide bonds. The fourth-order valence-electron chi connectivity index (χ4n) is 2.89. The third kappa shape index (κ3) is 2.85. The van der Waals surface area contributed by atoms with Crippen molar-refractivity contribution in [3.8, 4) is 5.75 Å². The van der Waals surface area contributed by atoms with Gasteiger partial charge in [0, 0.05) is 17.8 Å². The van der Waals surface area contributed by atoms with Gasteiger partial charge in [0.15, 0.2) is 0 Å². The maximum Gasteiger partial charge on any atom is 0.126 e. The molecular weight excluding hydrogens is 242 g/mol. The summed E-state index contributed by atoms with van der Waals surface area (Å²) in [5, 5.41) is 19.6. The zero-order valence-electron chi connectivity index (χ0n) is 11.7. The highest BCUT2D eigenvalue weighted by atomic mass is 16.5. The van der Waals surface area contributed by atoms with Gasteiger partial charge in [-0.05, 0) is 38.3 Å².